The van der Waals surface area contributed by atoms with Gasteiger partial charge in [-0.05, 0) is 31.7 Å². The molecule has 0 saturated carbocycles. The predicted molar refractivity (Wildman–Crippen MR) is 74.0 cm³/mol. The van der Waals surface area contributed by atoms with Gasteiger partial charge in [0.25, 0.3) is 0 Å². The van der Waals surface area contributed by atoms with Crippen molar-refractivity contribution in [3.05, 3.63) is 0 Å². The molecule has 2 rings (SSSR count). The van der Waals surface area contributed by atoms with Crippen molar-refractivity contribution in [2.75, 3.05) is 26.7 Å². The molecule has 2 fully saturated rings. The number of hydrogen-bond donors (Lipinski definition) is 1. The van der Waals surface area contributed by atoms with Gasteiger partial charge >= 0.3 is 0 Å². The summed E-state index contributed by atoms with van der Waals surface area (Å²) < 4.78 is 5.44. The molecule has 0 aromatic rings. The molecule has 2 aliphatic rings. The molecule has 3 atom stereocenters. The Kier molecular flexibility index (Phi) is 6.39. The normalized spacial score (nSPS) is 32.1. The lowest BCUT2D eigenvalue weighted by Crippen LogP contribution is -2.47. The van der Waals surface area contributed by atoms with Crippen LogP contribution in [-0.4, -0.2) is 49.7 Å². The van der Waals surface area contributed by atoms with Gasteiger partial charge in [-0.2, -0.15) is 0 Å². The van der Waals surface area contributed by atoms with Crippen LogP contribution in [0.15, 0.2) is 0 Å². The highest BCUT2D eigenvalue weighted by Gasteiger charge is 2.30. The second-order valence-electron chi connectivity index (χ2n) is 5.38. The number of methoxy groups -OCH3 is 1. The van der Waals surface area contributed by atoms with Crippen LogP contribution >= 0.6 is 12.4 Å². The van der Waals surface area contributed by atoms with Crippen LogP contribution in [0.25, 0.3) is 0 Å². The Morgan fingerprint density at radius 3 is 2.83 bits per heavy atom. The molecule has 2 aliphatic heterocycles. The SMILES string of the molecule is COC1CN(C(=O)CC2CCCN2)CCC1C.Cl. The van der Waals surface area contributed by atoms with E-state index in [2.05, 4.69) is 12.2 Å². The molecule has 106 valence electrons. The zero-order valence-corrected chi connectivity index (χ0v) is 12.2. The average molecular weight is 277 g/mol. The number of carbonyl (C=O) groups is 1. The van der Waals surface area contributed by atoms with Crippen molar-refractivity contribution < 1.29 is 9.53 Å². The highest BCUT2D eigenvalue weighted by molar-refractivity contribution is 5.85. The lowest BCUT2D eigenvalue weighted by atomic mass is 9.95. The topological polar surface area (TPSA) is 41.6 Å². The average Bonchev–Trinajstić information content (AvgIpc) is 2.82. The van der Waals surface area contributed by atoms with Crippen LogP contribution in [0.1, 0.15) is 32.6 Å². The van der Waals surface area contributed by atoms with Gasteiger partial charge in [0.1, 0.15) is 0 Å². The Labute approximate surface area is 116 Å². The van der Waals surface area contributed by atoms with E-state index < -0.39 is 0 Å². The molecule has 0 aromatic carbocycles. The summed E-state index contributed by atoms with van der Waals surface area (Å²) in [5.74, 6) is 0.854. The third-order valence-electron chi connectivity index (χ3n) is 4.13. The van der Waals surface area contributed by atoms with Crippen LogP contribution in [0.5, 0.6) is 0 Å². The van der Waals surface area contributed by atoms with Gasteiger partial charge in [0.05, 0.1) is 6.10 Å². The summed E-state index contributed by atoms with van der Waals surface area (Å²) in [5.41, 5.74) is 0. The fourth-order valence-electron chi connectivity index (χ4n) is 2.84. The van der Waals surface area contributed by atoms with E-state index in [1.807, 2.05) is 4.90 Å². The predicted octanol–water partition coefficient (Wildman–Crippen LogP) is 1.43. The molecular formula is C13H25ClN2O2. The molecule has 0 bridgehead atoms. The molecule has 2 heterocycles. The first-order chi connectivity index (χ1) is 8.20. The largest absolute Gasteiger partial charge is 0.379 e. The minimum Gasteiger partial charge on any atom is -0.379 e. The highest BCUT2D eigenvalue weighted by atomic mass is 35.5. The molecular weight excluding hydrogens is 252 g/mol. The molecule has 18 heavy (non-hydrogen) atoms. The third-order valence-corrected chi connectivity index (χ3v) is 4.13. The van der Waals surface area contributed by atoms with Gasteiger partial charge in [0, 0.05) is 32.7 Å². The van der Waals surface area contributed by atoms with E-state index >= 15 is 0 Å². The van der Waals surface area contributed by atoms with E-state index in [1.54, 1.807) is 7.11 Å². The first kappa shape index (κ1) is 15.7. The van der Waals surface area contributed by atoms with E-state index in [0.29, 0.717) is 24.3 Å². The number of nitrogens with one attached hydrogen (secondary N) is 1. The molecule has 0 spiro atoms. The number of nitrogens with zero attached hydrogens (tertiary/aromatic N) is 1. The monoisotopic (exact) mass is 276 g/mol. The number of amides is 1. The quantitative estimate of drug-likeness (QED) is 0.848. The summed E-state index contributed by atoms with van der Waals surface area (Å²) >= 11 is 0. The molecule has 3 unspecified atom stereocenters. The molecule has 1 amide bonds. The van der Waals surface area contributed by atoms with E-state index in [0.717, 1.165) is 32.5 Å². The number of halogens is 1. The second kappa shape index (κ2) is 7.31. The zero-order valence-electron chi connectivity index (χ0n) is 11.4. The molecule has 0 aliphatic carbocycles. The van der Waals surface area contributed by atoms with Gasteiger partial charge in [0.2, 0.25) is 5.91 Å². The summed E-state index contributed by atoms with van der Waals surface area (Å²) in [5, 5.41) is 3.38. The maximum absolute atomic E-state index is 12.2. The summed E-state index contributed by atoms with van der Waals surface area (Å²) in [6, 6.07) is 0.405. The van der Waals surface area contributed by atoms with Crippen molar-refractivity contribution in [3.63, 3.8) is 0 Å². The zero-order chi connectivity index (χ0) is 12.3. The van der Waals surface area contributed by atoms with Crippen LogP contribution in [0, 0.1) is 5.92 Å². The first-order valence-corrected chi connectivity index (χ1v) is 6.74. The summed E-state index contributed by atoms with van der Waals surface area (Å²) in [4.78, 5) is 14.1. The molecule has 0 radical (unpaired) electrons. The highest BCUT2D eigenvalue weighted by Crippen LogP contribution is 2.21. The molecule has 0 aromatic heterocycles. The van der Waals surface area contributed by atoms with Crippen LogP contribution < -0.4 is 5.32 Å². The number of rotatable bonds is 3. The Bertz CT molecular complexity index is 270. The number of hydrogen-bond acceptors (Lipinski definition) is 3. The van der Waals surface area contributed by atoms with Crippen molar-refractivity contribution in [1.29, 1.82) is 0 Å². The Balaban J connectivity index is 0.00000162. The number of piperidine rings is 1. The number of ether oxygens (including phenoxy) is 1. The van der Waals surface area contributed by atoms with Crippen molar-refractivity contribution >= 4 is 18.3 Å². The Hall–Kier alpha value is -0.320. The summed E-state index contributed by atoms with van der Waals surface area (Å²) in [6.07, 6.45) is 4.27. The lowest BCUT2D eigenvalue weighted by Gasteiger charge is -2.36. The maximum atomic E-state index is 12.2. The minimum absolute atomic E-state index is 0. The van der Waals surface area contributed by atoms with Gasteiger partial charge in [-0.15, -0.1) is 12.4 Å². The second-order valence-corrected chi connectivity index (χ2v) is 5.38. The maximum Gasteiger partial charge on any atom is 0.224 e. The van der Waals surface area contributed by atoms with Crippen molar-refractivity contribution in [3.8, 4) is 0 Å². The van der Waals surface area contributed by atoms with Gasteiger partial charge in [0.15, 0.2) is 0 Å². The molecule has 4 nitrogen and oxygen atoms in total. The Morgan fingerprint density at radius 1 is 1.44 bits per heavy atom. The summed E-state index contributed by atoms with van der Waals surface area (Å²) in [6.45, 7) is 4.93. The smallest absolute Gasteiger partial charge is 0.224 e. The van der Waals surface area contributed by atoms with Gasteiger partial charge in [-0.3, -0.25) is 4.79 Å². The van der Waals surface area contributed by atoms with Crippen LogP contribution in [0.2, 0.25) is 0 Å². The molecule has 5 heteroatoms. The van der Waals surface area contributed by atoms with E-state index in [9.17, 15) is 4.79 Å². The van der Waals surface area contributed by atoms with E-state index in [-0.39, 0.29) is 18.5 Å². The molecule has 1 N–H and O–H groups in total. The fourth-order valence-corrected chi connectivity index (χ4v) is 2.84. The van der Waals surface area contributed by atoms with Crippen LogP contribution in [0.4, 0.5) is 0 Å². The fraction of sp³-hybridized carbons (Fsp3) is 0.923. The van der Waals surface area contributed by atoms with Crippen LogP contribution in [-0.2, 0) is 9.53 Å². The van der Waals surface area contributed by atoms with E-state index in [4.69, 9.17) is 4.74 Å². The number of carbonyl (C=O) groups excluding carboxylic acids is 1. The van der Waals surface area contributed by atoms with Crippen LogP contribution in [0.3, 0.4) is 0 Å². The molecule has 2 saturated heterocycles. The van der Waals surface area contributed by atoms with Crippen molar-refractivity contribution in [2.45, 2.75) is 44.8 Å². The van der Waals surface area contributed by atoms with Gasteiger partial charge in [-0.1, -0.05) is 6.92 Å². The third kappa shape index (κ3) is 3.84. The summed E-state index contributed by atoms with van der Waals surface area (Å²) in [7, 11) is 1.74. The van der Waals surface area contributed by atoms with Crippen molar-refractivity contribution in [1.82, 2.24) is 10.2 Å². The minimum atomic E-state index is 0. The standard InChI is InChI=1S/C13H24N2O2.ClH/c1-10-5-7-15(9-12(10)17-2)13(16)8-11-4-3-6-14-11;/h10-12,14H,3-9H2,1-2H3;1H. The van der Waals surface area contributed by atoms with Crippen molar-refractivity contribution in [2.24, 2.45) is 5.92 Å². The van der Waals surface area contributed by atoms with Gasteiger partial charge < -0.3 is 15.0 Å². The van der Waals surface area contributed by atoms with Gasteiger partial charge in [-0.25, -0.2) is 0 Å². The first-order valence-electron chi connectivity index (χ1n) is 6.74. The lowest BCUT2D eigenvalue weighted by molar-refractivity contribution is -0.136. The Morgan fingerprint density at radius 2 is 2.22 bits per heavy atom. The van der Waals surface area contributed by atoms with E-state index in [1.165, 1.54) is 6.42 Å². The number of likely N-dealkylation sites (tertiary alicyclic amines) is 1.